The van der Waals surface area contributed by atoms with E-state index in [4.69, 9.17) is 25.0 Å². The first-order valence-corrected chi connectivity index (χ1v) is 22.4. The van der Waals surface area contributed by atoms with Crippen molar-refractivity contribution in [3.05, 3.63) is 192 Å². The number of pyridine rings is 1. The van der Waals surface area contributed by atoms with Crippen molar-refractivity contribution in [2.45, 2.75) is 98.1 Å². The molecule has 0 saturated carbocycles. The Morgan fingerprint density at radius 2 is 1.25 bits per heavy atom. The van der Waals surface area contributed by atoms with E-state index in [1.807, 2.05) is 128 Å². The summed E-state index contributed by atoms with van der Waals surface area (Å²) in [6, 6.07) is 42.1. The average Bonchev–Trinajstić information content (AvgIpc) is 3.78. The van der Waals surface area contributed by atoms with E-state index in [-0.39, 0.29) is 49.1 Å². The van der Waals surface area contributed by atoms with Crippen LogP contribution in [0.2, 0.25) is 0 Å². The van der Waals surface area contributed by atoms with Crippen molar-refractivity contribution < 1.29 is 45.4 Å². The van der Waals surface area contributed by atoms with Gasteiger partial charge in [0, 0.05) is 57.9 Å². The number of imidazole rings is 1. The van der Waals surface area contributed by atoms with Gasteiger partial charge in [0.2, 0.25) is 0 Å². The summed E-state index contributed by atoms with van der Waals surface area (Å²) in [7, 11) is 0. The van der Waals surface area contributed by atoms with Crippen molar-refractivity contribution in [3.63, 3.8) is 0 Å². The largest absolute Gasteiger partial charge is 0.507 e. The van der Waals surface area contributed by atoms with Gasteiger partial charge in [0.25, 0.3) is 0 Å². The second-order valence-electron chi connectivity index (χ2n) is 19.5. The van der Waals surface area contributed by atoms with Crippen LogP contribution in [0.15, 0.2) is 164 Å². The fourth-order valence-corrected chi connectivity index (χ4v) is 8.42. The second kappa shape index (κ2) is 18.6. The molecule has 9 rings (SSSR count). The van der Waals surface area contributed by atoms with Crippen LogP contribution in [-0.4, -0.2) is 19.6 Å². The van der Waals surface area contributed by atoms with Gasteiger partial charge >= 0.3 is 0 Å². The summed E-state index contributed by atoms with van der Waals surface area (Å²) in [4.78, 5) is 10.3. The van der Waals surface area contributed by atoms with Crippen molar-refractivity contribution in [1.29, 1.82) is 0 Å². The molecule has 0 amide bonds. The van der Waals surface area contributed by atoms with Crippen molar-refractivity contribution in [2.24, 2.45) is 0 Å². The van der Waals surface area contributed by atoms with Crippen LogP contribution >= 0.6 is 0 Å². The molecule has 9 aromatic rings. The zero-order chi connectivity index (χ0) is 59.3. The monoisotopic (exact) mass is 1090 g/mol. The Labute approximate surface area is 438 Å². The number of aromatic nitrogens is 3. The number of para-hydroxylation sites is 1. The number of rotatable bonds is 8. The minimum atomic E-state index is -3.83. The molecular formula is C63H62N3OPt-. The van der Waals surface area contributed by atoms with Gasteiger partial charge in [0.1, 0.15) is 11.6 Å². The summed E-state index contributed by atoms with van der Waals surface area (Å²) in [5, 5.41) is 12.6. The molecule has 2 heterocycles. The number of hydrogen-bond acceptors (Lipinski definition) is 3. The molecule has 0 bridgehead atoms. The standard InChI is InChI=1S/C63H62N3O.Pt/c1-40(2)45-31-47(42-21-16-13-17-22-42)36-52(35-45)66-57-24-18-23-53(58(57)65-60(66)54-38-51(62(6,7)8)39-55(59(54)67)63(9,10)11)48-32-46(41-19-14-12-15-20-41)33-49(34-48)56-37-44(29-30-64-56)43-25-27-50(28-26-43)61(3,4)5;/h12-33,35-40,67H,1-11H3;/q-1;/i3D3,4D3,5D3,25D,26D,27D,28D,40D;. The molecule has 4 nitrogen and oxygen atoms in total. The van der Waals surface area contributed by atoms with Crippen LogP contribution in [0, 0.1) is 6.07 Å². The summed E-state index contributed by atoms with van der Waals surface area (Å²) in [5.74, 6) is -0.476. The van der Waals surface area contributed by atoms with Gasteiger partial charge < -0.3 is 5.11 Å². The van der Waals surface area contributed by atoms with Crippen LogP contribution in [0.4, 0.5) is 0 Å². The number of benzene rings is 7. The molecule has 2 aromatic heterocycles. The Balaban J connectivity index is 0.00000880. The van der Waals surface area contributed by atoms with E-state index in [1.165, 1.54) is 18.3 Å². The van der Waals surface area contributed by atoms with Gasteiger partial charge in [-0.05, 0) is 97.0 Å². The molecule has 0 aliphatic rings. The van der Waals surface area contributed by atoms with Gasteiger partial charge in [-0.3, -0.25) is 9.55 Å². The van der Waals surface area contributed by atoms with Crippen molar-refractivity contribution >= 4 is 11.0 Å². The fraction of sp³-hybridized carbons (Fsp3) is 0.238. The summed E-state index contributed by atoms with van der Waals surface area (Å²) >= 11 is 0. The van der Waals surface area contributed by atoms with Gasteiger partial charge in [0.15, 0.2) is 0 Å². The molecule has 68 heavy (non-hydrogen) atoms. The number of phenols is 1. The van der Waals surface area contributed by atoms with Crippen LogP contribution in [-0.2, 0) is 37.3 Å². The molecular weight excluding hydrogens is 1010 g/mol. The minimum Gasteiger partial charge on any atom is -0.507 e. The van der Waals surface area contributed by atoms with E-state index < -0.39 is 67.0 Å². The number of nitrogens with zero attached hydrogens (tertiary/aromatic N) is 3. The van der Waals surface area contributed by atoms with Gasteiger partial charge in [-0.2, -0.15) is 0 Å². The van der Waals surface area contributed by atoms with E-state index in [0.717, 1.165) is 38.9 Å². The summed E-state index contributed by atoms with van der Waals surface area (Å²) < 4.78 is 122. The van der Waals surface area contributed by atoms with E-state index >= 15 is 0 Å². The number of aromatic hydroxyl groups is 1. The molecule has 0 saturated heterocycles. The Morgan fingerprint density at radius 3 is 1.87 bits per heavy atom. The minimum absolute atomic E-state index is 0. The molecule has 0 unspecified atom stereocenters. The second-order valence-corrected chi connectivity index (χ2v) is 19.5. The maximum Gasteiger partial charge on any atom is 0.148 e. The third-order valence-electron chi connectivity index (χ3n) is 12.2. The zero-order valence-electron chi connectivity index (χ0n) is 53.4. The van der Waals surface area contributed by atoms with Crippen LogP contribution < -0.4 is 0 Å². The van der Waals surface area contributed by atoms with E-state index in [0.29, 0.717) is 44.8 Å². The van der Waals surface area contributed by atoms with Crippen molar-refractivity contribution in [3.8, 4) is 78.6 Å². The van der Waals surface area contributed by atoms with Crippen LogP contribution in [0.5, 0.6) is 5.75 Å². The van der Waals surface area contributed by atoms with Gasteiger partial charge in [-0.25, -0.2) is 4.98 Å². The molecule has 0 spiro atoms. The van der Waals surface area contributed by atoms with E-state index in [2.05, 4.69) is 59.7 Å². The Hall–Kier alpha value is -6.35. The van der Waals surface area contributed by atoms with Gasteiger partial charge in [0.05, 0.1) is 22.1 Å². The van der Waals surface area contributed by atoms with Gasteiger partial charge in [-0.15, -0.1) is 23.8 Å². The van der Waals surface area contributed by atoms with Crippen LogP contribution in [0.25, 0.3) is 83.9 Å². The molecule has 7 aromatic carbocycles. The fourth-order valence-electron chi connectivity index (χ4n) is 8.42. The molecule has 0 aliphatic carbocycles. The Morgan fingerprint density at radius 1 is 0.603 bits per heavy atom. The molecule has 5 heteroatoms. The number of fused-ring (bicyclic) bond motifs is 1. The SMILES string of the molecule is [2H]c1c([2H])c(C(C([2H])([2H])[2H])(C([2H])([2H])[2H])C([2H])([2H])[2H])c([2H])c([2H])c1-c1ccnc(-c2[c-]c(-c3cccc4c3nc(-c3cc(C(C)(C)C)cc(C(C)(C)C)c3O)n4-c3cc(-c4ccccc4)cc(C([2H])(C)C)c3)cc(-c3ccccc3)c2)c1.[Pt]. The molecule has 0 radical (unpaired) electrons. The Bertz CT molecular complexity index is 3840. The normalized spacial score (nSPS) is 15.8. The smallest absolute Gasteiger partial charge is 0.148 e. The quantitative estimate of drug-likeness (QED) is 0.154. The molecule has 0 atom stereocenters. The third kappa shape index (κ3) is 9.67. The first kappa shape index (κ1) is 33.2. The average molecular weight is 1090 g/mol. The first-order chi connectivity index (χ1) is 37.6. The third-order valence-corrected chi connectivity index (χ3v) is 12.2. The van der Waals surface area contributed by atoms with Crippen LogP contribution in [0.3, 0.4) is 0 Å². The van der Waals surface area contributed by atoms with Crippen molar-refractivity contribution in [1.82, 2.24) is 14.5 Å². The summed E-state index contributed by atoms with van der Waals surface area (Å²) in [5.41, 5.74) is 4.25. The maximum atomic E-state index is 12.6. The molecule has 1 N–H and O–H groups in total. The predicted octanol–water partition coefficient (Wildman–Crippen LogP) is 16.9. The number of phenolic OH excluding ortho intramolecular Hbond substituents is 1. The zero-order valence-corrected chi connectivity index (χ0v) is 41.7. The molecule has 346 valence electrons. The first-order valence-electron chi connectivity index (χ1n) is 29.4. The topological polar surface area (TPSA) is 50.9 Å². The van der Waals surface area contributed by atoms with Crippen molar-refractivity contribution in [2.75, 3.05) is 0 Å². The van der Waals surface area contributed by atoms with E-state index in [1.54, 1.807) is 0 Å². The number of hydrogen-bond donors (Lipinski definition) is 1. The van der Waals surface area contributed by atoms with Gasteiger partial charge in [-0.1, -0.05) is 208 Å². The summed E-state index contributed by atoms with van der Waals surface area (Å²) in [6.45, 7) is 4.80. The Kier molecular flexibility index (Phi) is 9.09. The predicted molar refractivity (Wildman–Crippen MR) is 282 cm³/mol. The molecule has 0 fully saturated rings. The van der Waals surface area contributed by atoms with Crippen LogP contribution in [0.1, 0.15) is 123 Å². The molecule has 0 aliphatic heterocycles. The maximum absolute atomic E-state index is 12.6. The summed E-state index contributed by atoms with van der Waals surface area (Å²) in [6.07, 6.45) is 1.40. The van der Waals surface area contributed by atoms with E-state index in [9.17, 15) is 9.22 Å².